The Hall–Kier alpha value is -3.19. The number of hydrogen-bond acceptors (Lipinski definition) is 4. The Morgan fingerprint density at radius 1 is 0.967 bits per heavy atom. The fourth-order valence-electron chi connectivity index (χ4n) is 3.47. The fourth-order valence-corrected chi connectivity index (χ4v) is 3.67. The number of halogens is 1. The third kappa shape index (κ3) is 4.68. The molecule has 30 heavy (non-hydrogen) atoms. The highest BCUT2D eigenvalue weighted by Crippen LogP contribution is 2.17. The van der Waals surface area contributed by atoms with Crippen LogP contribution in [0.2, 0.25) is 5.02 Å². The molecular weight excluding hydrogens is 402 g/mol. The van der Waals surface area contributed by atoms with Crippen LogP contribution in [0, 0.1) is 0 Å². The first-order valence-electron chi connectivity index (χ1n) is 9.83. The van der Waals surface area contributed by atoms with Crippen LogP contribution in [0.1, 0.15) is 21.6 Å². The van der Waals surface area contributed by atoms with Crippen molar-refractivity contribution in [2.45, 2.75) is 13.0 Å². The van der Waals surface area contributed by atoms with Gasteiger partial charge in [-0.3, -0.25) is 19.3 Å². The summed E-state index contributed by atoms with van der Waals surface area (Å²) in [6.45, 7) is 2.55. The number of carbonyl (C=O) groups is 2. The Balaban J connectivity index is 1.32. The van der Waals surface area contributed by atoms with Gasteiger partial charge < -0.3 is 9.80 Å². The molecule has 0 saturated carbocycles. The van der Waals surface area contributed by atoms with Gasteiger partial charge in [0.1, 0.15) is 0 Å². The van der Waals surface area contributed by atoms with Crippen molar-refractivity contribution in [1.82, 2.24) is 24.6 Å². The smallest absolute Gasteiger partial charge is 0.257 e. The van der Waals surface area contributed by atoms with Gasteiger partial charge in [0.2, 0.25) is 5.91 Å². The Kier molecular flexibility index (Phi) is 6.09. The van der Waals surface area contributed by atoms with Gasteiger partial charge in [-0.2, -0.15) is 5.10 Å². The molecule has 7 nitrogen and oxygen atoms in total. The molecule has 0 atom stereocenters. The summed E-state index contributed by atoms with van der Waals surface area (Å²) in [6.07, 6.45) is 5.29. The van der Waals surface area contributed by atoms with E-state index in [4.69, 9.17) is 11.6 Å². The fraction of sp³-hybridized carbons (Fsp3) is 0.273. The molecule has 1 fully saturated rings. The van der Waals surface area contributed by atoms with Gasteiger partial charge in [0.15, 0.2) is 0 Å². The summed E-state index contributed by atoms with van der Waals surface area (Å²) in [6, 6.07) is 13.1. The van der Waals surface area contributed by atoms with Crippen LogP contribution in [-0.2, 0) is 17.8 Å². The molecule has 0 radical (unpaired) electrons. The normalized spacial score (nSPS) is 14.0. The van der Waals surface area contributed by atoms with Crippen LogP contribution in [0.3, 0.4) is 0 Å². The summed E-state index contributed by atoms with van der Waals surface area (Å²) in [4.78, 5) is 33.1. The standard InChI is InChI=1S/C22H22ClN5O2/c23-20-7-2-1-5-17(20)15-28-16-18(14-25-28)22(30)27-11-9-26(10-12-27)21(29)13-19-6-3-4-8-24-19/h1-8,14,16H,9-13,15H2. The number of nitrogens with zero attached hydrogens (tertiary/aromatic N) is 5. The summed E-state index contributed by atoms with van der Waals surface area (Å²) >= 11 is 6.20. The van der Waals surface area contributed by atoms with Gasteiger partial charge in [-0.25, -0.2) is 0 Å². The van der Waals surface area contributed by atoms with Crippen molar-refractivity contribution in [1.29, 1.82) is 0 Å². The van der Waals surface area contributed by atoms with Crippen molar-refractivity contribution in [2.24, 2.45) is 0 Å². The van der Waals surface area contributed by atoms with Crippen LogP contribution >= 0.6 is 11.6 Å². The molecule has 4 rings (SSSR count). The van der Waals surface area contributed by atoms with Crippen molar-refractivity contribution in [3.8, 4) is 0 Å². The van der Waals surface area contributed by atoms with E-state index in [1.54, 1.807) is 33.1 Å². The largest absolute Gasteiger partial charge is 0.339 e. The molecule has 3 heterocycles. The second-order valence-corrected chi connectivity index (χ2v) is 7.60. The highest BCUT2D eigenvalue weighted by Gasteiger charge is 2.25. The lowest BCUT2D eigenvalue weighted by Crippen LogP contribution is -2.51. The number of piperazine rings is 1. The Morgan fingerprint density at radius 2 is 1.70 bits per heavy atom. The summed E-state index contributed by atoms with van der Waals surface area (Å²) in [7, 11) is 0. The van der Waals surface area contributed by atoms with Crippen LogP contribution < -0.4 is 0 Å². The maximum Gasteiger partial charge on any atom is 0.257 e. The minimum Gasteiger partial charge on any atom is -0.339 e. The van der Waals surface area contributed by atoms with E-state index in [0.29, 0.717) is 43.3 Å². The highest BCUT2D eigenvalue weighted by atomic mass is 35.5. The molecule has 0 bridgehead atoms. The zero-order chi connectivity index (χ0) is 20.9. The van der Waals surface area contributed by atoms with Crippen molar-refractivity contribution in [3.05, 3.63) is 82.9 Å². The topological polar surface area (TPSA) is 71.3 Å². The molecule has 1 aliphatic rings. The minimum absolute atomic E-state index is 0.0355. The summed E-state index contributed by atoms with van der Waals surface area (Å²) in [5.41, 5.74) is 2.24. The molecular formula is C22H22ClN5O2. The van der Waals surface area contributed by atoms with E-state index >= 15 is 0 Å². The maximum absolute atomic E-state index is 12.8. The molecule has 0 N–H and O–H groups in total. The first-order valence-corrected chi connectivity index (χ1v) is 10.2. The molecule has 1 aliphatic heterocycles. The van der Waals surface area contributed by atoms with Gasteiger partial charge in [0.05, 0.1) is 24.7 Å². The molecule has 0 spiro atoms. The third-order valence-electron chi connectivity index (χ3n) is 5.15. The van der Waals surface area contributed by atoms with Gasteiger partial charge in [-0.05, 0) is 23.8 Å². The van der Waals surface area contributed by atoms with Crippen molar-refractivity contribution >= 4 is 23.4 Å². The van der Waals surface area contributed by atoms with Gasteiger partial charge in [0.25, 0.3) is 5.91 Å². The summed E-state index contributed by atoms with van der Waals surface area (Å²) in [5.74, 6) is -0.0365. The number of rotatable bonds is 5. The first-order chi connectivity index (χ1) is 14.6. The summed E-state index contributed by atoms with van der Waals surface area (Å²) < 4.78 is 1.71. The quantitative estimate of drug-likeness (QED) is 0.632. The molecule has 0 unspecified atom stereocenters. The van der Waals surface area contributed by atoms with Gasteiger partial charge in [-0.1, -0.05) is 35.9 Å². The van der Waals surface area contributed by atoms with Gasteiger partial charge >= 0.3 is 0 Å². The van der Waals surface area contributed by atoms with Crippen LogP contribution in [-0.4, -0.2) is 62.6 Å². The van der Waals surface area contributed by atoms with E-state index in [2.05, 4.69) is 10.1 Å². The third-order valence-corrected chi connectivity index (χ3v) is 5.52. The lowest BCUT2D eigenvalue weighted by Gasteiger charge is -2.34. The lowest BCUT2D eigenvalue weighted by atomic mass is 10.2. The Bertz CT molecular complexity index is 1030. The van der Waals surface area contributed by atoms with Crippen molar-refractivity contribution in [3.63, 3.8) is 0 Å². The van der Waals surface area contributed by atoms with Crippen molar-refractivity contribution in [2.75, 3.05) is 26.2 Å². The highest BCUT2D eigenvalue weighted by molar-refractivity contribution is 6.31. The zero-order valence-corrected chi connectivity index (χ0v) is 17.2. The SMILES string of the molecule is O=C(Cc1ccccn1)N1CCN(C(=O)c2cnn(Cc3ccccc3Cl)c2)CC1. The second kappa shape index (κ2) is 9.09. The molecule has 8 heteroatoms. The number of carbonyl (C=O) groups excluding carboxylic acids is 2. The molecule has 0 aliphatic carbocycles. The molecule has 154 valence electrons. The average Bonchev–Trinajstić information content (AvgIpc) is 3.24. The predicted molar refractivity (Wildman–Crippen MR) is 113 cm³/mol. The van der Waals surface area contributed by atoms with E-state index in [1.165, 1.54) is 0 Å². The molecule has 3 aromatic rings. The molecule has 2 aromatic heterocycles. The van der Waals surface area contributed by atoms with E-state index in [0.717, 1.165) is 11.3 Å². The molecule has 2 amide bonds. The first kappa shape index (κ1) is 20.1. The number of hydrogen-bond donors (Lipinski definition) is 0. The molecule has 1 saturated heterocycles. The Morgan fingerprint density at radius 3 is 2.43 bits per heavy atom. The van der Waals surface area contributed by atoms with Crippen LogP contribution in [0.4, 0.5) is 0 Å². The van der Waals surface area contributed by atoms with Crippen molar-refractivity contribution < 1.29 is 9.59 Å². The maximum atomic E-state index is 12.8. The van der Waals surface area contributed by atoms with E-state index in [9.17, 15) is 9.59 Å². The van der Waals surface area contributed by atoms with Crippen LogP contribution in [0.15, 0.2) is 61.1 Å². The van der Waals surface area contributed by atoms with Gasteiger partial charge in [0, 0.05) is 49.3 Å². The second-order valence-electron chi connectivity index (χ2n) is 7.19. The lowest BCUT2D eigenvalue weighted by molar-refractivity contribution is -0.132. The molecule has 1 aromatic carbocycles. The van der Waals surface area contributed by atoms with Crippen LogP contribution in [0.25, 0.3) is 0 Å². The number of pyridine rings is 1. The van der Waals surface area contributed by atoms with E-state index in [-0.39, 0.29) is 18.2 Å². The van der Waals surface area contributed by atoms with Crippen LogP contribution in [0.5, 0.6) is 0 Å². The average molecular weight is 424 g/mol. The monoisotopic (exact) mass is 423 g/mol. The number of aromatic nitrogens is 3. The Labute approximate surface area is 179 Å². The number of benzene rings is 1. The number of amides is 2. The minimum atomic E-state index is -0.0720. The predicted octanol–water partition coefficient (Wildman–Crippen LogP) is 2.51. The summed E-state index contributed by atoms with van der Waals surface area (Å²) in [5, 5.41) is 4.97. The van der Waals surface area contributed by atoms with E-state index in [1.807, 2.05) is 42.5 Å². The zero-order valence-electron chi connectivity index (χ0n) is 16.4. The van der Waals surface area contributed by atoms with E-state index < -0.39 is 0 Å². The van der Waals surface area contributed by atoms with Gasteiger partial charge in [-0.15, -0.1) is 0 Å².